The minimum atomic E-state index is -0.0817. The van der Waals surface area contributed by atoms with E-state index in [4.69, 9.17) is 13.1 Å². The maximum Gasteiger partial charge on any atom is 0.253 e. The van der Waals surface area contributed by atoms with Crippen molar-refractivity contribution in [1.82, 2.24) is 4.90 Å². The summed E-state index contributed by atoms with van der Waals surface area (Å²) in [5, 5.41) is 0. The van der Waals surface area contributed by atoms with Gasteiger partial charge in [0.2, 0.25) is 12.0 Å². The lowest BCUT2D eigenvalue weighted by atomic mass is 9.99. The van der Waals surface area contributed by atoms with Crippen molar-refractivity contribution in [1.29, 1.82) is 0 Å². The van der Waals surface area contributed by atoms with Crippen molar-refractivity contribution in [2.24, 2.45) is 0 Å². The molecule has 4 nitrogen and oxygen atoms in total. The van der Waals surface area contributed by atoms with Crippen molar-refractivity contribution in [3.63, 3.8) is 0 Å². The van der Waals surface area contributed by atoms with Crippen LogP contribution < -0.4 is 4.90 Å². The lowest BCUT2D eigenvalue weighted by Crippen LogP contribution is -2.36. The van der Waals surface area contributed by atoms with Gasteiger partial charge in [0.15, 0.2) is 0 Å². The minimum absolute atomic E-state index is 0.0817. The molecule has 2 aromatic carbocycles. The summed E-state index contributed by atoms with van der Waals surface area (Å²) in [6.07, 6.45) is -0.0817. The molecular formula is C20H18N4. The summed E-state index contributed by atoms with van der Waals surface area (Å²) in [5.41, 5.74) is 4.26. The van der Waals surface area contributed by atoms with Gasteiger partial charge in [0, 0.05) is 12.5 Å². The molecule has 0 saturated carbocycles. The molecule has 24 heavy (non-hydrogen) atoms. The van der Waals surface area contributed by atoms with E-state index in [9.17, 15) is 0 Å². The fourth-order valence-electron chi connectivity index (χ4n) is 3.15. The zero-order valence-electron chi connectivity index (χ0n) is 14.0. The van der Waals surface area contributed by atoms with Crippen molar-refractivity contribution in [3.05, 3.63) is 88.6 Å². The molecule has 0 amide bonds. The summed E-state index contributed by atoms with van der Waals surface area (Å²) in [7, 11) is 1.86. The van der Waals surface area contributed by atoms with Crippen molar-refractivity contribution < 1.29 is 0 Å². The Balaban J connectivity index is 2.26. The third kappa shape index (κ3) is 2.30. The second kappa shape index (κ2) is 6.10. The number of anilines is 1. The number of nitrogens with zero attached hydrogens (tertiary/aromatic N) is 4. The van der Waals surface area contributed by atoms with Crippen LogP contribution in [0, 0.1) is 20.1 Å². The van der Waals surface area contributed by atoms with Crippen LogP contribution in [0.2, 0.25) is 0 Å². The quantitative estimate of drug-likeness (QED) is 0.745. The maximum absolute atomic E-state index is 7.59. The zero-order valence-corrected chi connectivity index (χ0v) is 14.0. The first-order chi connectivity index (χ1) is 11.6. The van der Waals surface area contributed by atoms with Crippen LogP contribution in [0.4, 0.5) is 5.69 Å². The molecule has 118 valence electrons. The van der Waals surface area contributed by atoms with Crippen LogP contribution in [0.25, 0.3) is 20.8 Å². The fraction of sp³-hybridized carbons (Fsp3) is 0.200. The molecule has 0 aromatic heterocycles. The van der Waals surface area contributed by atoms with Gasteiger partial charge < -0.3 is 14.6 Å². The average molecular weight is 314 g/mol. The molecule has 0 aliphatic carbocycles. The Kier molecular flexibility index (Phi) is 3.98. The summed E-state index contributed by atoms with van der Waals surface area (Å²) >= 11 is 0. The van der Waals surface area contributed by atoms with Gasteiger partial charge in [-0.05, 0) is 18.1 Å². The molecule has 1 aliphatic rings. The number of aryl methyl sites for hydroxylation is 1. The first-order valence-electron chi connectivity index (χ1n) is 7.76. The van der Waals surface area contributed by atoms with Crippen molar-refractivity contribution in [2.75, 3.05) is 11.9 Å². The van der Waals surface area contributed by atoms with Crippen molar-refractivity contribution in [3.8, 4) is 11.1 Å². The van der Waals surface area contributed by atoms with Gasteiger partial charge in [-0.25, -0.2) is 0 Å². The summed E-state index contributed by atoms with van der Waals surface area (Å²) in [6.45, 7) is 19.1. The Morgan fingerprint density at radius 1 is 0.917 bits per heavy atom. The van der Waals surface area contributed by atoms with E-state index in [0.717, 1.165) is 22.4 Å². The van der Waals surface area contributed by atoms with Crippen molar-refractivity contribution in [2.45, 2.75) is 20.0 Å². The van der Waals surface area contributed by atoms with E-state index in [2.05, 4.69) is 27.9 Å². The van der Waals surface area contributed by atoms with E-state index in [-0.39, 0.29) is 6.17 Å². The van der Waals surface area contributed by atoms with Crippen LogP contribution in [0.3, 0.4) is 0 Å². The second-order valence-electron chi connectivity index (χ2n) is 5.82. The molecule has 0 radical (unpaired) electrons. The van der Waals surface area contributed by atoms with Gasteiger partial charge in [0.25, 0.3) is 5.82 Å². The summed E-state index contributed by atoms with van der Waals surface area (Å²) in [5.74, 6) is 0.797. The highest BCUT2D eigenvalue weighted by Crippen LogP contribution is 2.41. The van der Waals surface area contributed by atoms with E-state index in [0.29, 0.717) is 11.6 Å². The number of hydrogen-bond acceptors (Lipinski definition) is 2. The van der Waals surface area contributed by atoms with E-state index in [1.165, 1.54) is 0 Å². The topological polar surface area (TPSA) is 15.2 Å². The van der Waals surface area contributed by atoms with E-state index < -0.39 is 0 Å². The minimum Gasteiger partial charge on any atom is -0.374 e. The lowest BCUT2D eigenvalue weighted by Gasteiger charge is -2.26. The molecule has 1 aliphatic heterocycles. The van der Waals surface area contributed by atoms with Gasteiger partial charge in [-0.15, -0.1) is 0 Å². The predicted molar refractivity (Wildman–Crippen MR) is 96.5 cm³/mol. The fourth-order valence-corrected chi connectivity index (χ4v) is 3.15. The molecule has 0 fully saturated rings. The summed E-state index contributed by atoms with van der Waals surface area (Å²) in [4.78, 5) is 11.1. The van der Waals surface area contributed by atoms with Crippen LogP contribution in [-0.2, 0) is 0 Å². The zero-order chi connectivity index (χ0) is 17.3. The van der Waals surface area contributed by atoms with Gasteiger partial charge in [0.05, 0.1) is 7.05 Å². The van der Waals surface area contributed by atoms with E-state index >= 15 is 0 Å². The third-order valence-corrected chi connectivity index (χ3v) is 4.47. The molecule has 0 N–H and O–H groups in total. The smallest absolute Gasteiger partial charge is 0.253 e. The standard InChI is InChI=1S/C20H18N4/c1-14-10-9-13-17(16-11-7-6-8-12-16)18(14)24-15(2)23(5)19(21-3)20(24)22-4/h6-13,15H,1-2,5H3/t15-/m0/s1. The molecule has 1 atom stereocenters. The van der Waals surface area contributed by atoms with Gasteiger partial charge in [0.1, 0.15) is 5.69 Å². The summed E-state index contributed by atoms with van der Waals surface area (Å²) in [6, 6.07) is 16.3. The molecule has 0 spiro atoms. The number of para-hydroxylation sites is 1. The van der Waals surface area contributed by atoms with Gasteiger partial charge in [-0.2, -0.15) is 0 Å². The number of rotatable bonds is 2. The Bertz CT molecular complexity index is 884. The van der Waals surface area contributed by atoms with Crippen molar-refractivity contribution >= 4 is 5.69 Å². The third-order valence-electron chi connectivity index (χ3n) is 4.47. The highest BCUT2D eigenvalue weighted by atomic mass is 15.5. The number of benzene rings is 2. The van der Waals surface area contributed by atoms with Gasteiger partial charge in [-0.1, -0.05) is 61.7 Å². The predicted octanol–water partition coefficient (Wildman–Crippen LogP) is 4.73. The molecular weight excluding hydrogens is 296 g/mol. The largest absolute Gasteiger partial charge is 0.374 e. The highest BCUT2D eigenvalue weighted by molar-refractivity contribution is 5.83. The van der Waals surface area contributed by atoms with Gasteiger partial charge in [-0.3, -0.25) is 4.90 Å². The first kappa shape index (κ1) is 15.6. The van der Waals surface area contributed by atoms with Crippen LogP contribution in [0.1, 0.15) is 12.5 Å². The second-order valence-corrected chi connectivity index (χ2v) is 5.82. The average Bonchev–Trinajstić information content (AvgIpc) is 2.85. The lowest BCUT2D eigenvalue weighted by molar-refractivity contribution is 0.364. The van der Waals surface area contributed by atoms with Gasteiger partial charge >= 0.3 is 0 Å². The Hall–Kier alpha value is -3.24. The monoisotopic (exact) mass is 314 g/mol. The van der Waals surface area contributed by atoms with Crippen LogP contribution in [-0.4, -0.2) is 18.1 Å². The Morgan fingerprint density at radius 2 is 1.58 bits per heavy atom. The molecule has 4 heteroatoms. The van der Waals surface area contributed by atoms with Crippen LogP contribution in [0.5, 0.6) is 0 Å². The molecule has 0 unspecified atom stereocenters. The Labute approximate surface area is 142 Å². The molecule has 0 bridgehead atoms. The normalized spacial score (nSPS) is 17.0. The SMILES string of the molecule is [C-]#[N+]C1=C([N+]#[C-])N(c2c(C)cccc2-c2ccccc2)[C@@H](C)N1C. The number of hydrogen-bond donors (Lipinski definition) is 0. The molecule has 3 rings (SSSR count). The molecule has 0 saturated heterocycles. The van der Waals surface area contributed by atoms with Crippen LogP contribution in [0.15, 0.2) is 60.2 Å². The Morgan fingerprint density at radius 3 is 2.21 bits per heavy atom. The maximum atomic E-state index is 7.59. The van der Waals surface area contributed by atoms with Crippen LogP contribution >= 0.6 is 0 Å². The summed E-state index contributed by atoms with van der Waals surface area (Å²) < 4.78 is 0. The first-order valence-corrected chi connectivity index (χ1v) is 7.76. The van der Waals surface area contributed by atoms with E-state index in [1.807, 2.05) is 61.0 Å². The van der Waals surface area contributed by atoms with E-state index in [1.54, 1.807) is 0 Å². The highest BCUT2D eigenvalue weighted by Gasteiger charge is 2.40. The molecule has 1 heterocycles. The molecule has 2 aromatic rings.